The molecule has 0 fully saturated rings. The average Bonchev–Trinajstić information content (AvgIpc) is 3.20. The Labute approximate surface area is 195 Å². The Morgan fingerprint density at radius 1 is 0.697 bits per heavy atom. The third kappa shape index (κ3) is 5.64. The molecule has 0 amide bonds. The number of H-pyrrole nitrogens is 1. The first kappa shape index (κ1) is 22.2. The van der Waals surface area contributed by atoms with E-state index in [1.807, 2.05) is 54.6 Å². The van der Waals surface area contributed by atoms with Gasteiger partial charge in [-0.2, -0.15) is 0 Å². The van der Waals surface area contributed by atoms with E-state index < -0.39 is 0 Å². The van der Waals surface area contributed by atoms with E-state index >= 15 is 0 Å². The fraction of sp³-hybridized carbons (Fsp3) is 0.133. The smallest absolute Gasteiger partial charge is 0.120 e. The number of ether oxygens (including phenoxy) is 2. The minimum absolute atomic E-state index is 0.571. The SMILES string of the molecule is COc1ccc(-c2[nH]c3ccc(OCc4ccccc4)cc3c2C)cc1.Cc1ccccc1. The summed E-state index contributed by atoms with van der Waals surface area (Å²) < 4.78 is 11.2. The summed E-state index contributed by atoms with van der Waals surface area (Å²) in [6, 6.07) is 34.8. The van der Waals surface area contributed by atoms with Gasteiger partial charge in [-0.25, -0.2) is 0 Å². The van der Waals surface area contributed by atoms with Crippen LogP contribution < -0.4 is 9.47 Å². The number of benzene rings is 4. The van der Waals surface area contributed by atoms with Crippen molar-refractivity contribution >= 4 is 10.9 Å². The van der Waals surface area contributed by atoms with Crippen LogP contribution in [0.25, 0.3) is 22.2 Å². The summed E-state index contributed by atoms with van der Waals surface area (Å²) >= 11 is 0. The van der Waals surface area contributed by atoms with Crippen molar-refractivity contribution < 1.29 is 9.47 Å². The van der Waals surface area contributed by atoms with Crippen molar-refractivity contribution in [2.75, 3.05) is 7.11 Å². The van der Waals surface area contributed by atoms with Crippen molar-refractivity contribution in [3.05, 3.63) is 120 Å². The highest BCUT2D eigenvalue weighted by Crippen LogP contribution is 2.32. The molecule has 0 saturated heterocycles. The van der Waals surface area contributed by atoms with Crippen molar-refractivity contribution in [1.82, 2.24) is 4.98 Å². The van der Waals surface area contributed by atoms with Crippen molar-refractivity contribution in [1.29, 1.82) is 0 Å². The maximum Gasteiger partial charge on any atom is 0.120 e. The molecule has 1 aromatic heterocycles. The number of aromatic nitrogens is 1. The summed E-state index contributed by atoms with van der Waals surface area (Å²) in [4.78, 5) is 3.52. The second-order valence-corrected chi connectivity index (χ2v) is 7.99. The van der Waals surface area contributed by atoms with Gasteiger partial charge in [0.2, 0.25) is 0 Å². The van der Waals surface area contributed by atoms with Gasteiger partial charge in [0.25, 0.3) is 0 Å². The van der Waals surface area contributed by atoms with Gasteiger partial charge in [0.1, 0.15) is 18.1 Å². The van der Waals surface area contributed by atoms with Gasteiger partial charge in [-0.1, -0.05) is 66.2 Å². The maximum absolute atomic E-state index is 5.97. The van der Waals surface area contributed by atoms with Crippen LogP contribution >= 0.6 is 0 Å². The molecule has 0 radical (unpaired) electrons. The number of fused-ring (bicyclic) bond motifs is 1. The van der Waals surface area contributed by atoms with Gasteiger partial charge in [-0.15, -0.1) is 0 Å². The van der Waals surface area contributed by atoms with Crippen molar-refractivity contribution in [3.63, 3.8) is 0 Å². The van der Waals surface area contributed by atoms with E-state index in [2.05, 4.69) is 67.4 Å². The van der Waals surface area contributed by atoms with E-state index in [0.717, 1.165) is 33.8 Å². The summed E-state index contributed by atoms with van der Waals surface area (Å²) in [5, 5.41) is 1.18. The highest BCUT2D eigenvalue weighted by molar-refractivity contribution is 5.91. The topological polar surface area (TPSA) is 34.2 Å². The molecule has 3 heteroatoms. The first-order valence-electron chi connectivity index (χ1n) is 11.1. The summed E-state index contributed by atoms with van der Waals surface area (Å²) in [5.41, 5.74) is 7.09. The normalized spacial score (nSPS) is 10.4. The molecule has 166 valence electrons. The Kier molecular flexibility index (Phi) is 7.11. The molecule has 0 aliphatic heterocycles. The zero-order valence-electron chi connectivity index (χ0n) is 19.3. The van der Waals surface area contributed by atoms with Crippen LogP contribution in [0.1, 0.15) is 16.7 Å². The quantitative estimate of drug-likeness (QED) is 0.306. The molecule has 0 unspecified atom stereocenters. The van der Waals surface area contributed by atoms with Gasteiger partial charge < -0.3 is 14.5 Å². The lowest BCUT2D eigenvalue weighted by Crippen LogP contribution is -1.94. The van der Waals surface area contributed by atoms with Crippen molar-refractivity contribution in [2.24, 2.45) is 0 Å². The summed E-state index contributed by atoms with van der Waals surface area (Å²) in [6.45, 7) is 4.79. The lowest BCUT2D eigenvalue weighted by molar-refractivity contribution is 0.306. The largest absolute Gasteiger partial charge is 0.497 e. The van der Waals surface area contributed by atoms with Crippen LogP contribution in [0.4, 0.5) is 0 Å². The lowest BCUT2D eigenvalue weighted by atomic mass is 10.1. The minimum Gasteiger partial charge on any atom is -0.497 e. The van der Waals surface area contributed by atoms with E-state index in [9.17, 15) is 0 Å². The van der Waals surface area contributed by atoms with Gasteiger partial charge in [0.15, 0.2) is 0 Å². The number of aryl methyl sites for hydroxylation is 2. The summed E-state index contributed by atoms with van der Waals surface area (Å²) in [7, 11) is 1.68. The van der Waals surface area contributed by atoms with Crippen LogP contribution in [0, 0.1) is 13.8 Å². The molecule has 0 bridgehead atoms. The number of hydrogen-bond acceptors (Lipinski definition) is 2. The van der Waals surface area contributed by atoms with E-state index in [1.54, 1.807) is 7.11 Å². The number of methoxy groups -OCH3 is 1. The zero-order valence-corrected chi connectivity index (χ0v) is 19.3. The molecule has 3 nitrogen and oxygen atoms in total. The average molecular weight is 436 g/mol. The van der Waals surface area contributed by atoms with Gasteiger partial charge >= 0.3 is 0 Å². The molecule has 4 aromatic carbocycles. The Balaban J connectivity index is 0.000000318. The molecule has 5 aromatic rings. The second-order valence-electron chi connectivity index (χ2n) is 7.99. The summed E-state index contributed by atoms with van der Waals surface area (Å²) in [5.74, 6) is 1.74. The highest BCUT2D eigenvalue weighted by atomic mass is 16.5. The predicted octanol–water partition coefficient (Wildman–Crippen LogP) is 7.73. The molecule has 0 saturated carbocycles. The summed E-state index contributed by atoms with van der Waals surface area (Å²) in [6.07, 6.45) is 0. The molecule has 0 aliphatic rings. The maximum atomic E-state index is 5.97. The monoisotopic (exact) mass is 435 g/mol. The van der Waals surface area contributed by atoms with E-state index in [-0.39, 0.29) is 0 Å². The Morgan fingerprint density at radius 3 is 1.94 bits per heavy atom. The van der Waals surface area contributed by atoms with Crippen LogP contribution in [-0.4, -0.2) is 12.1 Å². The Hall–Kier alpha value is -3.98. The van der Waals surface area contributed by atoms with Crippen LogP contribution in [-0.2, 0) is 6.61 Å². The van der Waals surface area contributed by atoms with Gasteiger partial charge in [0.05, 0.1) is 7.11 Å². The minimum atomic E-state index is 0.571. The number of hydrogen-bond donors (Lipinski definition) is 1. The van der Waals surface area contributed by atoms with Crippen molar-refractivity contribution in [2.45, 2.75) is 20.5 Å². The first-order chi connectivity index (χ1) is 16.1. The van der Waals surface area contributed by atoms with Crippen LogP contribution in [0.2, 0.25) is 0 Å². The third-order valence-corrected chi connectivity index (χ3v) is 5.60. The Bertz CT molecular complexity index is 1290. The number of rotatable bonds is 5. The van der Waals surface area contributed by atoms with Crippen LogP contribution in [0.15, 0.2) is 103 Å². The van der Waals surface area contributed by atoms with E-state index in [4.69, 9.17) is 9.47 Å². The molecular formula is C30H29NO2. The van der Waals surface area contributed by atoms with Gasteiger partial charge in [-0.3, -0.25) is 0 Å². The van der Waals surface area contributed by atoms with Crippen LogP contribution in [0.3, 0.4) is 0 Å². The van der Waals surface area contributed by atoms with Gasteiger partial charge in [-0.05, 0) is 73.0 Å². The molecule has 33 heavy (non-hydrogen) atoms. The molecule has 0 atom stereocenters. The highest BCUT2D eigenvalue weighted by Gasteiger charge is 2.11. The predicted molar refractivity (Wildman–Crippen MR) is 137 cm³/mol. The lowest BCUT2D eigenvalue weighted by Gasteiger charge is -2.06. The van der Waals surface area contributed by atoms with Crippen LogP contribution in [0.5, 0.6) is 11.5 Å². The van der Waals surface area contributed by atoms with Gasteiger partial charge in [0, 0.05) is 16.6 Å². The molecule has 1 heterocycles. The first-order valence-corrected chi connectivity index (χ1v) is 11.1. The van der Waals surface area contributed by atoms with Crippen molar-refractivity contribution in [3.8, 4) is 22.8 Å². The van der Waals surface area contributed by atoms with E-state index in [0.29, 0.717) is 6.61 Å². The fourth-order valence-corrected chi connectivity index (χ4v) is 3.72. The van der Waals surface area contributed by atoms with E-state index in [1.165, 1.54) is 16.5 Å². The Morgan fingerprint density at radius 2 is 1.33 bits per heavy atom. The second kappa shape index (κ2) is 10.6. The number of nitrogens with one attached hydrogen (secondary N) is 1. The molecular weight excluding hydrogens is 406 g/mol. The molecule has 5 rings (SSSR count). The molecule has 0 spiro atoms. The molecule has 1 N–H and O–H groups in total. The number of aromatic amines is 1. The standard InChI is InChI=1S/C23H21NO2.C7H8/c1-16-21-14-20(26-15-17-6-4-3-5-7-17)12-13-22(21)24-23(16)18-8-10-19(25-2)11-9-18;1-7-5-3-2-4-6-7/h3-14,24H,15H2,1-2H3;2-6H,1H3. The zero-order chi connectivity index (χ0) is 23.0. The molecule has 0 aliphatic carbocycles. The fourth-order valence-electron chi connectivity index (χ4n) is 3.72. The third-order valence-electron chi connectivity index (χ3n) is 5.60.